The minimum Gasteiger partial charge on any atom is -0.119 e. The maximum Gasteiger partial charge on any atom is 0.0454 e. The Kier molecular flexibility index (Phi) is 5.32. The van der Waals surface area contributed by atoms with E-state index in [1.165, 1.54) is 0 Å². The van der Waals surface area contributed by atoms with Crippen LogP contribution in [0.25, 0.3) is 0 Å². The molecular weight excluding hydrogens is 246 g/mol. The molecule has 9 heavy (non-hydrogen) atoms. The van der Waals surface area contributed by atoms with Crippen LogP contribution < -0.4 is 0 Å². The number of hydrogen-bond donors (Lipinski definition) is 0. The Morgan fingerprint density at radius 3 is 2.44 bits per heavy atom. The highest BCUT2D eigenvalue weighted by atomic mass is 127. The lowest BCUT2D eigenvalue weighted by molar-refractivity contribution is 0.604. The van der Waals surface area contributed by atoms with Gasteiger partial charge in [0, 0.05) is 9.30 Å². The summed E-state index contributed by atoms with van der Waals surface area (Å²) in [5.41, 5.74) is 0. The minimum atomic E-state index is -0.185. The maximum atomic E-state index is 6.02. The van der Waals surface area contributed by atoms with Crippen LogP contribution in [0.5, 0.6) is 0 Å². The zero-order valence-electron chi connectivity index (χ0n) is 5.79. The summed E-state index contributed by atoms with van der Waals surface area (Å²) in [5, 5.41) is 0. The Bertz CT molecular complexity index is 63.3. The van der Waals surface area contributed by atoms with E-state index >= 15 is 0 Å². The second kappa shape index (κ2) is 4.78. The average Bonchev–Trinajstić information content (AvgIpc) is 1.64. The molecular formula is C7H13ClI. The van der Waals surface area contributed by atoms with Crippen LogP contribution in [-0.4, -0.2) is 9.30 Å². The molecule has 2 heteroatoms. The van der Waals surface area contributed by atoms with Crippen LogP contribution in [-0.2, 0) is 0 Å². The summed E-state index contributed by atoms with van der Waals surface area (Å²) in [6.07, 6.45) is 3.17. The van der Waals surface area contributed by atoms with Crippen molar-refractivity contribution < 1.29 is 0 Å². The third kappa shape index (κ3) is 5.46. The molecule has 1 unspecified atom stereocenters. The Labute approximate surface area is 76.5 Å². The highest BCUT2D eigenvalue weighted by Gasteiger charge is 2.17. The van der Waals surface area contributed by atoms with Crippen molar-refractivity contribution in [3.8, 4) is 0 Å². The topological polar surface area (TPSA) is 0 Å². The summed E-state index contributed by atoms with van der Waals surface area (Å²) < 4.78 is 1.10. The summed E-state index contributed by atoms with van der Waals surface area (Å²) in [7, 11) is 0. The van der Waals surface area contributed by atoms with Crippen LogP contribution >= 0.6 is 34.2 Å². The molecule has 0 amide bonds. The van der Waals surface area contributed by atoms with E-state index in [1.54, 1.807) is 0 Å². The van der Waals surface area contributed by atoms with Crippen molar-refractivity contribution in [2.45, 2.75) is 31.1 Å². The largest absolute Gasteiger partial charge is 0.119 e. The fraction of sp³-hybridized carbons (Fsp3) is 0.857. The average molecular weight is 260 g/mol. The Balaban J connectivity index is 3.43. The molecule has 0 saturated heterocycles. The van der Waals surface area contributed by atoms with Crippen molar-refractivity contribution in [1.82, 2.24) is 0 Å². The predicted octanol–water partition coefficient (Wildman–Crippen LogP) is 3.42. The van der Waals surface area contributed by atoms with Crippen molar-refractivity contribution in [3.63, 3.8) is 0 Å². The molecule has 0 rings (SSSR count). The molecule has 0 N–H and O–H groups in total. The molecule has 0 aromatic rings. The maximum absolute atomic E-state index is 6.02. The zero-order chi connectivity index (χ0) is 7.33. The van der Waals surface area contributed by atoms with Crippen LogP contribution in [0, 0.1) is 6.92 Å². The molecule has 0 saturated carbocycles. The summed E-state index contributed by atoms with van der Waals surface area (Å²) in [6, 6.07) is 0. The summed E-state index contributed by atoms with van der Waals surface area (Å²) >= 11 is 8.35. The van der Waals surface area contributed by atoms with Gasteiger partial charge in [0.2, 0.25) is 0 Å². The highest BCUT2D eigenvalue weighted by molar-refractivity contribution is 14.1. The first-order valence-electron chi connectivity index (χ1n) is 3.22. The van der Waals surface area contributed by atoms with E-state index in [-0.39, 0.29) is 4.87 Å². The van der Waals surface area contributed by atoms with Crippen molar-refractivity contribution >= 4 is 34.2 Å². The van der Waals surface area contributed by atoms with E-state index in [1.807, 2.05) is 0 Å². The zero-order valence-corrected chi connectivity index (χ0v) is 8.70. The van der Waals surface area contributed by atoms with Gasteiger partial charge in [-0.15, -0.1) is 11.6 Å². The minimum absolute atomic E-state index is 0.185. The standard InChI is InChI=1S/C7H13ClI/c1-3-4-7(2,8)5-6-9/h2-6H2,1H3. The van der Waals surface area contributed by atoms with Gasteiger partial charge in [-0.2, -0.15) is 0 Å². The third-order valence-electron chi connectivity index (χ3n) is 1.24. The molecule has 0 heterocycles. The smallest absolute Gasteiger partial charge is 0.0454 e. The quantitative estimate of drug-likeness (QED) is 0.536. The summed E-state index contributed by atoms with van der Waals surface area (Å²) in [6.45, 7) is 6.04. The van der Waals surface area contributed by atoms with Gasteiger partial charge >= 0.3 is 0 Å². The number of rotatable bonds is 4. The van der Waals surface area contributed by atoms with Gasteiger partial charge in [0.25, 0.3) is 0 Å². The molecule has 1 atom stereocenters. The van der Waals surface area contributed by atoms with Crippen molar-refractivity contribution in [2.75, 3.05) is 4.43 Å². The van der Waals surface area contributed by atoms with Gasteiger partial charge in [-0.25, -0.2) is 0 Å². The molecule has 0 aliphatic rings. The predicted molar refractivity (Wildman–Crippen MR) is 52.4 cm³/mol. The van der Waals surface area contributed by atoms with E-state index in [9.17, 15) is 0 Å². The molecule has 55 valence electrons. The fourth-order valence-corrected chi connectivity index (χ4v) is 2.38. The second-order valence-corrected chi connectivity index (χ2v) is 4.22. The van der Waals surface area contributed by atoms with E-state index < -0.39 is 0 Å². The van der Waals surface area contributed by atoms with Gasteiger partial charge in [-0.05, 0) is 19.8 Å². The molecule has 0 aliphatic carbocycles. The normalized spacial score (nSPS) is 17.3. The molecule has 0 aromatic carbocycles. The van der Waals surface area contributed by atoms with Crippen LogP contribution in [0.3, 0.4) is 0 Å². The fourth-order valence-electron chi connectivity index (χ4n) is 0.742. The molecule has 0 bridgehead atoms. The third-order valence-corrected chi connectivity index (χ3v) is 2.16. The van der Waals surface area contributed by atoms with Gasteiger partial charge < -0.3 is 0 Å². The van der Waals surface area contributed by atoms with Crippen LogP contribution in [0.1, 0.15) is 26.2 Å². The Morgan fingerprint density at radius 1 is 1.56 bits per heavy atom. The van der Waals surface area contributed by atoms with E-state index in [0.29, 0.717) is 0 Å². The first-order valence-corrected chi connectivity index (χ1v) is 5.13. The van der Waals surface area contributed by atoms with Gasteiger partial charge in [-0.3, -0.25) is 0 Å². The Morgan fingerprint density at radius 2 is 2.11 bits per heavy atom. The van der Waals surface area contributed by atoms with Crippen molar-refractivity contribution in [2.24, 2.45) is 0 Å². The second-order valence-electron chi connectivity index (χ2n) is 2.34. The first-order chi connectivity index (χ1) is 4.12. The highest BCUT2D eigenvalue weighted by Crippen LogP contribution is 2.25. The molecule has 1 radical (unpaired) electrons. The molecule has 0 spiro atoms. The van der Waals surface area contributed by atoms with Crippen molar-refractivity contribution in [1.29, 1.82) is 0 Å². The number of halogens is 2. The lowest BCUT2D eigenvalue weighted by atomic mass is 10.0. The summed E-state index contributed by atoms with van der Waals surface area (Å²) in [4.78, 5) is -0.185. The van der Waals surface area contributed by atoms with Gasteiger partial charge in [-0.1, -0.05) is 35.9 Å². The molecule has 0 aliphatic heterocycles. The lowest BCUT2D eigenvalue weighted by Gasteiger charge is -2.18. The SMILES string of the molecule is [CH2]C(Cl)(CCC)CCI. The van der Waals surface area contributed by atoms with E-state index in [4.69, 9.17) is 11.6 Å². The monoisotopic (exact) mass is 259 g/mol. The number of alkyl halides is 2. The molecule has 0 aromatic heterocycles. The Hall–Kier alpha value is 1.02. The molecule has 0 nitrogen and oxygen atoms in total. The molecule has 0 fully saturated rings. The van der Waals surface area contributed by atoms with Crippen LogP contribution in [0.2, 0.25) is 0 Å². The first kappa shape index (κ1) is 10.0. The van der Waals surface area contributed by atoms with E-state index in [2.05, 4.69) is 36.4 Å². The van der Waals surface area contributed by atoms with Crippen LogP contribution in [0.15, 0.2) is 0 Å². The number of hydrogen-bond acceptors (Lipinski definition) is 0. The van der Waals surface area contributed by atoms with Gasteiger partial charge in [0.05, 0.1) is 0 Å². The van der Waals surface area contributed by atoms with E-state index in [0.717, 1.165) is 23.7 Å². The summed E-state index contributed by atoms with van der Waals surface area (Å²) in [5.74, 6) is 0. The van der Waals surface area contributed by atoms with Gasteiger partial charge in [0.1, 0.15) is 0 Å². The van der Waals surface area contributed by atoms with Crippen molar-refractivity contribution in [3.05, 3.63) is 6.92 Å². The van der Waals surface area contributed by atoms with Crippen LogP contribution in [0.4, 0.5) is 0 Å². The van der Waals surface area contributed by atoms with Gasteiger partial charge in [0.15, 0.2) is 0 Å². The lowest BCUT2D eigenvalue weighted by Crippen LogP contribution is -2.16.